The van der Waals surface area contributed by atoms with Crippen molar-refractivity contribution in [2.24, 2.45) is 0 Å². The summed E-state index contributed by atoms with van der Waals surface area (Å²) in [5.41, 5.74) is 12.6. The van der Waals surface area contributed by atoms with Gasteiger partial charge in [-0.15, -0.1) is 22.1 Å². The van der Waals surface area contributed by atoms with Gasteiger partial charge in [0.15, 0.2) is 0 Å². The molecule has 2 aliphatic rings. The zero-order chi connectivity index (χ0) is 30.3. The van der Waals surface area contributed by atoms with Gasteiger partial charge in [0, 0.05) is 35.5 Å². The van der Waals surface area contributed by atoms with E-state index in [-0.39, 0.29) is 29.9 Å². The first-order chi connectivity index (χ1) is 20.0. The maximum atomic E-state index is 11.5. The maximum Gasteiger partial charge on any atom is 0.303 e. The van der Waals surface area contributed by atoms with Crippen LogP contribution in [0.5, 0.6) is 0 Å². The fourth-order valence-electron chi connectivity index (χ4n) is 5.61. The summed E-state index contributed by atoms with van der Waals surface area (Å²) in [7, 11) is 0. The molecule has 0 fully saturated rings. The van der Waals surface area contributed by atoms with Gasteiger partial charge in [-0.1, -0.05) is 66.3 Å². The van der Waals surface area contributed by atoms with E-state index in [9.17, 15) is 19.8 Å². The number of rotatable bonds is 8. The van der Waals surface area contributed by atoms with Gasteiger partial charge in [0.2, 0.25) is 0 Å². The zero-order valence-corrected chi connectivity index (χ0v) is 25.7. The SMILES string of the molecule is C=CC1=C(C)c2cc3[n-]c(cc4nc(cc5[n-]c(cc1n2)c(C)c5CCC(=O)O)C(CCC(=O)O)=C4C)c(C)c3C=C.[Fe]. The second-order valence-corrected chi connectivity index (χ2v) is 10.6. The van der Waals surface area contributed by atoms with Crippen LogP contribution in [-0.4, -0.2) is 32.1 Å². The Hall–Kier alpha value is -4.46. The molecule has 0 aromatic carbocycles. The van der Waals surface area contributed by atoms with E-state index in [1.165, 1.54) is 0 Å². The summed E-state index contributed by atoms with van der Waals surface area (Å²) < 4.78 is 0. The molecule has 8 bridgehead atoms. The van der Waals surface area contributed by atoms with Crippen molar-refractivity contribution in [3.8, 4) is 0 Å². The monoisotopic (exact) mass is 616 g/mol. The third-order valence-corrected chi connectivity index (χ3v) is 8.06. The summed E-state index contributed by atoms with van der Waals surface area (Å²) in [6.45, 7) is 15.9. The van der Waals surface area contributed by atoms with Gasteiger partial charge in [-0.05, 0) is 62.8 Å². The molecule has 222 valence electrons. The van der Waals surface area contributed by atoms with Crippen LogP contribution in [0.25, 0.3) is 50.4 Å². The minimum Gasteiger partial charge on any atom is -0.657 e. The van der Waals surface area contributed by atoms with Gasteiger partial charge in [-0.2, -0.15) is 0 Å². The molecule has 43 heavy (non-hydrogen) atoms. The van der Waals surface area contributed by atoms with Crippen molar-refractivity contribution in [1.82, 2.24) is 19.9 Å². The van der Waals surface area contributed by atoms with E-state index in [1.54, 1.807) is 12.2 Å². The third kappa shape index (κ3) is 5.91. The topological polar surface area (TPSA) is 129 Å². The fraction of sp³-hybridized carbons (Fsp3) is 0.235. The van der Waals surface area contributed by atoms with Crippen molar-refractivity contribution in [1.29, 1.82) is 0 Å². The molecule has 0 atom stereocenters. The van der Waals surface area contributed by atoms with Crippen LogP contribution < -0.4 is 9.97 Å². The van der Waals surface area contributed by atoms with Gasteiger partial charge in [-0.25, -0.2) is 9.97 Å². The first-order valence-electron chi connectivity index (χ1n) is 13.8. The maximum absolute atomic E-state index is 11.5. The molecule has 0 saturated carbocycles. The Morgan fingerprint density at radius 1 is 0.721 bits per heavy atom. The molecule has 3 aromatic heterocycles. The molecule has 2 N–H and O–H groups in total. The number of carboxylic acids is 2. The van der Waals surface area contributed by atoms with Crippen molar-refractivity contribution in [2.45, 2.75) is 53.4 Å². The van der Waals surface area contributed by atoms with Gasteiger partial charge in [0.1, 0.15) is 0 Å². The molecule has 2 aliphatic heterocycles. The van der Waals surface area contributed by atoms with E-state index in [2.05, 4.69) is 13.2 Å². The van der Waals surface area contributed by atoms with Crippen LogP contribution >= 0.6 is 0 Å². The number of carbonyl (C=O) groups is 2. The minimum absolute atomic E-state index is 0. The molecule has 0 aliphatic carbocycles. The smallest absolute Gasteiger partial charge is 0.303 e. The molecule has 8 nitrogen and oxygen atoms in total. The van der Waals surface area contributed by atoms with Crippen molar-refractivity contribution in [2.75, 3.05) is 0 Å². The number of nitrogens with zero attached hydrogens (tertiary/aromatic N) is 4. The van der Waals surface area contributed by atoms with Crippen molar-refractivity contribution >= 4 is 62.4 Å². The number of allylic oxidation sites excluding steroid dienone is 5. The summed E-state index contributed by atoms with van der Waals surface area (Å²) >= 11 is 0. The normalized spacial score (nSPS) is 12.7. The minimum atomic E-state index is -0.898. The molecular formula is C34H32FeN4O4-2. The number of aromatic nitrogens is 4. The molecule has 3 aromatic rings. The van der Waals surface area contributed by atoms with Crippen molar-refractivity contribution in [3.63, 3.8) is 0 Å². The molecule has 0 unspecified atom stereocenters. The Morgan fingerprint density at radius 2 is 1.26 bits per heavy atom. The Bertz CT molecular complexity index is 1920. The standard InChI is InChI=1S/C34H34N4O4.Fe/c1-7-21-17(3)25-13-26-19(5)23(9-11-33(39)40)31(37-26)16-32-24(10-12-34(41)42)20(6)28(38-32)15-30-22(8-2)18(4)27(36-30)14-29(21)35-25;/h7-8,13-16H,1-2,9-12H2,3-6H3,(H4,35,36,37,38,39,40,41,42);/p-2. The third-order valence-electron chi connectivity index (χ3n) is 8.06. The number of hydrogen-bond donors (Lipinski definition) is 2. The van der Waals surface area contributed by atoms with Gasteiger partial charge in [0.05, 0.1) is 22.8 Å². The molecular weight excluding hydrogens is 584 g/mol. The van der Waals surface area contributed by atoms with Crippen molar-refractivity contribution < 1.29 is 36.9 Å². The predicted octanol–water partition coefficient (Wildman–Crippen LogP) is 6.76. The first-order valence-corrected chi connectivity index (χ1v) is 13.8. The van der Waals surface area contributed by atoms with Gasteiger partial charge in [0.25, 0.3) is 0 Å². The Labute approximate surface area is 260 Å². The fourth-order valence-corrected chi connectivity index (χ4v) is 5.61. The van der Waals surface area contributed by atoms with Crippen LogP contribution in [0.3, 0.4) is 0 Å². The van der Waals surface area contributed by atoms with Gasteiger partial charge in [-0.3, -0.25) is 9.59 Å². The predicted molar refractivity (Wildman–Crippen MR) is 167 cm³/mol. The van der Waals surface area contributed by atoms with Crippen LogP contribution in [0.2, 0.25) is 0 Å². The number of aliphatic carboxylic acids is 2. The van der Waals surface area contributed by atoms with Crippen molar-refractivity contribution in [3.05, 3.63) is 88.5 Å². The molecule has 0 amide bonds. The van der Waals surface area contributed by atoms with E-state index < -0.39 is 11.9 Å². The zero-order valence-electron chi connectivity index (χ0n) is 24.6. The molecule has 0 radical (unpaired) electrons. The molecule has 5 rings (SSSR count). The van der Waals surface area contributed by atoms with E-state index in [4.69, 9.17) is 19.9 Å². The molecule has 0 spiro atoms. The molecule has 5 heterocycles. The van der Waals surface area contributed by atoms with E-state index >= 15 is 0 Å². The van der Waals surface area contributed by atoms with E-state index in [0.717, 1.165) is 61.3 Å². The number of aryl methyl sites for hydroxylation is 3. The van der Waals surface area contributed by atoms with Gasteiger partial charge < -0.3 is 20.2 Å². The number of hydrogen-bond acceptors (Lipinski definition) is 4. The van der Waals surface area contributed by atoms with E-state index in [1.807, 2.05) is 52.0 Å². The summed E-state index contributed by atoms with van der Waals surface area (Å²) in [4.78, 5) is 42.7. The van der Waals surface area contributed by atoms with Crippen LogP contribution in [0.4, 0.5) is 0 Å². The molecule has 0 saturated heterocycles. The quantitative estimate of drug-likeness (QED) is 0.266. The molecule has 9 heteroatoms. The van der Waals surface area contributed by atoms with Gasteiger partial charge >= 0.3 is 11.9 Å². The second-order valence-electron chi connectivity index (χ2n) is 10.6. The Balaban J connectivity index is 0.00000423. The Kier molecular flexibility index (Phi) is 9.09. The van der Waals surface area contributed by atoms with Crippen LogP contribution in [0, 0.1) is 13.8 Å². The summed E-state index contributed by atoms with van der Waals surface area (Å²) in [6, 6.07) is 7.62. The number of carboxylic acid groups (broad SMARTS) is 2. The largest absolute Gasteiger partial charge is 0.657 e. The average Bonchev–Trinajstić information content (AvgIpc) is 3.59. The van der Waals surface area contributed by atoms with Crippen LogP contribution in [0.1, 0.15) is 78.1 Å². The first kappa shape index (κ1) is 31.5. The average molecular weight is 616 g/mol. The summed E-state index contributed by atoms with van der Waals surface area (Å²) in [6.07, 6.45) is 4.06. The van der Waals surface area contributed by atoms with E-state index in [0.29, 0.717) is 41.0 Å². The van der Waals surface area contributed by atoms with Crippen LogP contribution in [0.15, 0.2) is 43.5 Å². The Morgan fingerprint density at radius 3 is 1.91 bits per heavy atom. The summed E-state index contributed by atoms with van der Waals surface area (Å²) in [5.74, 6) is -1.80. The second kappa shape index (κ2) is 12.4. The number of fused-ring (bicyclic) bond motifs is 8. The van der Waals surface area contributed by atoms with Crippen LogP contribution in [-0.2, 0) is 33.1 Å². The summed E-state index contributed by atoms with van der Waals surface area (Å²) in [5, 5.41) is 18.9.